The van der Waals surface area contributed by atoms with Gasteiger partial charge in [0.2, 0.25) is 5.91 Å². The van der Waals surface area contributed by atoms with Crippen LogP contribution < -0.4 is 10.6 Å². The first-order chi connectivity index (χ1) is 14.4. The van der Waals surface area contributed by atoms with Gasteiger partial charge in [0, 0.05) is 15.9 Å². The van der Waals surface area contributed by atoms with E-state index in [0.717, 1.165) is 18.2 Å². The number of hydrogen-bond acceptors (Lipinski definition) is 4. The van der Waals surface area contributed by atoms with Crippen LogP contribution in [0.3, 0.4) is 0 Å². The molecule has 4 rings (SSSR count). The van der Waals surface area contributed by atoms with Gasteiger partial charge in [-0.05, 0) is 50.1 Å². The number of fused-ring (bicyclic) bond motifs is 1. The zero-order valence-corrected chi connectivity index (χ0v) is 18.5. The van der Waals surface area contributed by atoms with Crippen molar-refractivity contribution in [1.82, 2.24) is 10.3 Å². The Labute approximate surface area is 186 Å². The van der Waals surface area contributed by atoms with E-state index in [1.54, 1.807) is 19.1 Å². The first-order valence-electron chi connectivity index (χ1n) is 9.54. The van der Waals surface area contributed by atoms with E-state index in [9.17, 15) is 14.0 Å². The number of thioether (sulfide) groups is 1. The van der Waals surface area contributed by atoms with Gasteiger partial charge >= 0.3 is 0 Å². The average molecular weight is 488 g/mol. The molecule has 30 heavy (non-hydrogen) atoms. The molecule has 0 radical (unpaired) electrons. The van der Waals surface area contributed by atoms with Crippen molar-refractivity contribution < 1.29 is 14.0 Å². The minimum atomic E-state index is -0.541. The number of carbonyl (C=O) groups is 2. The number of anilines is 1. The van der Waals surface area contributed by atoms with Crippen molar-refractivity contribution in [2.45, 2.75) is 36.1 Å². The Morgan fingerprint density at radius 2 is 1.97 bits per heavy atom. The Morgan fingerprint density at radius 3 is 2.70 bits per heavy atom. The van der Waals surface area contributed by atoms with Crippen LogP contribution in [0.2, 0.25) is 0 Å². The molecule has 8 heteroatoms. The number of benzene rings is 2. The predicted octanol–water partition coefficient (Wildman–Crippen LogP) is 5.15. The van der Waals surface area contributed by atoms with Crippen molar-refractivity contribution in [2.24, 2.45) is 0 Å². The molecule has 2 aromatic carbocycles. The number of rotatable bonds is 6. The van der Waals surface area contributed by atoms with E-state index in [1.165, 1.54) is 23.9 Å². The molecule has 154 valence electrons. The summed E-state index contributed by atoms with van der Waals surface area (Å²) >= 11 is 4.42. The number of aromatic nitrogens is 1. The summed E-state index contributed by atoms with van der Waals surface area (Å²) in [5.41, 5.74) is 1.35. The fourth-order valence-corrected chi connectivity index (χ4v) is 4.15. The van der Waals surface area contributed by atoms with Crippen LogP contribution in [-0.4, -0.2) is 28.1 Å². The van der Waals surface area contributed by atoms with Crippen LogP contribution >= 0.6 is 27.7 Å². The van der Waals surface area contributed by atoms with Crippen molar-refractivity contribution >= 4 is 56.1 Å². The van der Waals surface area contributed by atoms with Gasteiger partial charge in [-0.2, -0.15) is 0 Å². The third-order valence-electron chi connectivity index (χ3n) is 4.71. The van der Waals surface area contributed by atoms with Gasteiger partial charge in [0.15, 0.2) is 0 Å². The van der Waals surface area contributed by atoms with E-state index in [-0.39, 0.29) is 23.5 Å². The lowest BCUT2D eigenvalue weighted by molar-refractivity contribution is -0.115. The van der Waals surface area contributed by atoms with Crippen LogP contribution in [0.25, 0.3) is 10.9 Å². The maximum atomic E-state index is 14.0. The van der Waals surface area contributed by atoms with Crippen molar-refractivity contribution in [3.63, 3.8) is 0 Å². The van der Waals surface area contributed by atoms with E-state index in [1.807, 2.05) is 24.3 Å². The maximum Gasteiger partial charge on any atom is 0.252 e. The molecule has 0 aliphatic heterocycles. The number of carbonyl (C=O) groups excluding carboxylic acids is 2. The van der Waals surface area contributed by atoms with Gasteiger partial charge in [-0.3, -0.25) is 9.59 Å². The Balaban J connectivity index is 1.55. The molecular weight excluding hydrogens is 469 g/mol. The molecule has 1 unspecified atom stereocenters. The monoisotopic (exact) mass is 487 g/mol. The highest BCUT2D eigenvalue weighted by molar-refractivity contribution is 9.10. The highest BCUT2D eigenvalue weighted by atomic mass is 79.9. The minimum absolute atomic E-state index is 0.117. The molecule has 0 saturated heterocycles. The summed E-state index contributed by atoms with van der Waals surface area (Å²) in [6.45, 7) is 1.72. The van der Waals surface area contributed by atoms with Gasteiger partial charge in [0.1, 0.15) is 5.82 Å². The number of pyridine rings is 1. The van der Waals surface area contributed by atoms with E-state index < -0.39 is 11.1 Å². The highest BCUT2D eigenvalue weighted by Gasteiger charge is 2.25. The van der Waals surface area contributed by atoms with E-state index in [4.69, 9.17) is 0 Å². The SMILES string of the molecule is CC(Sc1cc(C(=O)NC2CC2)c2ccccc2n1)C(=O)Nc1ccc(Br)cc1F. The predicted molar refractivity (Wildman–Crippen MR) is 120 cm³/mol. The standard InChI is InChI=1S/C22H19BrFN3O2S/c1-12(21(28)27-19-9-6-13(23)10-17(19)24)30-20-11-16(22(29)25-14-7-8-14)15-4-2-3-5-18(15)26-20/h2-6,9-12,14H,7-8H2,1H3,(H,25,29)(H,27,28). The second kappa shape index (κ2) is 8.73. The fraction of sp³-hybridized carbons (Fsp3) is 0.227. The van der Waals surface area contributed by atoms with Gasteiger partial charge in [0.05, 0.1) is 27.0 Å². The summed E-state index contributed by atoms with van der Waals surface area (Å²) in [5, 5.41) is 6.41. The van der Waals surface area contributed by atoms with Gasteiger partial charge < -0.3 is 10.6 Å². The third kappa shape index (κ3) is 4.82. The summed E-state index contributed by atoms with van der Waals surface area (Å²) < 4.78 is 14.6. The summed E-state index contributed by atoms with van der Waals surface area (Å²) in [7, 11) is 0. The van der Waals surface area contributed by atoms with Gasteiger partial charge in [0.25, 0.3) is 5.91 Å². The largest absolute Gasteiger partial charge is 0.349 e. The number of para-hydroxylation sites is 1. The Bertz CT molecular complexity index is 1140. The molecular formula is C22H19BrFN3O2S. The summed E-state index contributed by atoms with van der Waals surface area (Å²) in [5.74, 6) is -0.995. The lowest BCUT2D eigenvalue weighted by Crippen LogP contribution is -2.26. The fourth-order valence-electron chi connectivity index (χ4n) is 2.95. The zero-order chi connectivity index (χ0) is 21.3. The lowest BCUT2D eigenvalue weighted by atomic mass is 10.1. The molecule has 1 aliphatic carbocycles. The zero-order valence-electron chi connectivity index (χ0n) is 16.1. The molecule has 1 atom stereocenters. The minimum Gasteiger partial charge on any atom is -0.349 e. The number of halogens is 2. The van der Waals surface area contributed by atoms with Crippen LogP contribution in [-0.2, 0) is 4.79 Å². The second-order valence-corrected chi connectivity index (χ2v) is 9.42. The Hall–Kier alpha value is -2.45. The molecule has 2 N–H and O–H groups in total. The normalized spacial score (nSPS) is 14.4. The average Bonchev–Trinajstić information content (AvgIpc) is 3.53. The maximum absolute atomic E-state index is 14.0. The van der Waals surface area contributed by atoms with Crippen LogP contribution in [0.5, 0.6) is 0 Å². The molecule has 0 spiro atoms. The first kappa shape index (κ1) is 20.8. The van der Waals surface area contributed by atoms with Crippen molar-refractivity contribution in [2.75, 3.05) is 5.32 Å². The van der Waals surface area contributed by atoms with Gasteiger partial charge in [-0.25, -0.2) is 9.37 Å². The van der Waals surface area contributed by atoms with Gasteiger partial charge in [-0.1, -0.05) is 45.9 Å². The van der Waals surface area contributed by atoms with Gasteiger partial charge in [-0.15, -0.1) is 0 Å². The van der Waals surface area contributed by atoms with Crippen LogP contribution in [0.15, 0.2) is 58.0 Å². The molecule has 2 amide bonds. The Kier molecular flexibility index (Phi) is 6.06. The molecule has 1 aliphatic rings. The van der Waals surface area contributed by atoms with Crippen LogP contribution in [0.4, 0.5) is 10.1 Å². The summed E-state index contributed by atoms with van der Waals surface area (Å²) in [6, 6.07) is 13.9. The topological polar surface area (TPSA) is 71.1 Å². The van der Waals surface area contributed by atoms with E-state index in [2.05, 4.69) is 31.5 Å². The summed E-state index contributed by atoms with van der Waals surface area (Å²) in [4.78, 5) is 29.9. The highest BCUT2D eigenvalue weighted by Crippen LogP contribution is 2.29. The molecule has 1 aromatic heterocycles. The number of nitrogens with zero attached hydrogens (tertiary/aromatic N) is 1. The smallest absolute Gasteiger partial charge is 0.252 e. The van der Waals surface area contributed by atoms with Crippen molar-refractivity contribution in [3.05, 3.63) is 64.4 Å². The van der Waals surface area contributed by atoms with Crippen molar-refractivity contribution in [1.29, 1.82) is 0 Å². The first-order valence-corrected chi connectivity index (χ1v) is 11.2. The Morgan fingerprint density at radius 1 is 1.20 bits per heavy atom. The molecule has 5 nitrogen and oxygen atoms in total. The molecule has 1 heterocycles. The molecule has 1 saturated carbocycles. The molecule has 1 fully saturated rings. The quantitative estimate of drug-likeness (QED) is 0.471. The van der Waals surface area contributed by atoms with Crippen LogP contribution in [0, 0.1) is 5.82 Å². The van der Waals surface area contributed by atoms with E-state index >= 15 is 0 Å². The van der Waals surface area contributed by atoms with Crippen molar-refractivity contribution in [3.8, 4) is 0 Å². The third-order valence-corrected chi connectivity index (χ3v) is 6.22. The summed E-state index contributed by atoms with van der Waals surface area (Å²) in [6.07, 6.45) is 2.00. The van der Waals surface area contributed by atoms with E-state index in [0.29, 0.717) is 20.6 Å². The number of hydrogen-bond donors (Lipinski definition) is 2. The number of amides is 2. The van der Waals surface area contributed by atoms with Crippen LogP contribution in [0.1, 0.15) is 30.1 Å². The number of nitrogens with one attached hydrogen (secondary N) is 2. The molecule has 3 aromatic rings. The molecule has 0 bridgehead atoms. The lowest BCUT2D eigenvalue weighted by Gasteiger charge is -2.14. The second-order valence-electron chi connectivity index (χ2n) is 7.15.